The number of carbonyl (C=O) groups is 1. The van der Waals surface area contributed by atoms with Crippen LogP contribution in [0.2, 0.25) is 0 Å². The molecule has 6 nitrogen and oxygen atoms in total. The number of fused-ring (bicyclic) bond motifs is 1. The first-order valence-electron chi connectivity index (χ1n) is 10.1. The monoisotopic (exact) mass is 415 g/mol. The van der Waals surface area contributed by atoms with Crippen molar-refractivity contribution in [2.75, 3.05) is 18.0 Å². The van der Waals surface area contributed by atoms with Crippen LogP contribution in [0.1, 0.15) is 38.8 Å². The van der Waals surface area contributed by atoms with E-state index >= 15 is 0 Å². The fraction of sp³-hybridized carbons (Fsp3) is 0.476. The number of halogens is 1. The lowest BCUT2D eigenvalue weighted by Gasteiger charge is -2.32. The molecule has 154 valence electrons. The van der Waals surface area contributed by atoms with Gasteiger partial charge in [-0.3, -0.25) is 4.79 Å². The molecule has 0 aliphatic carbocycles. The molecule has 0 unspecified atom stereocenters. The number of nitrogens with zero attached hydrogens (tertiary/aromatic N) is 4. The number of rotatable bonds is 5. The molecule has 0 spiro atoms. The first kappa shape index (κ1) is 19.8. The van der Waals surface area contributed by atoms with Crippen molar-refractivity contribution in [1.82, 2.24) is 20.1 Å². The van der Waals surface area contributed by atoms with Crippen LogP contribution in [0.25, 0.3) is 16.0 Å². The Morgan fingerprint density at radius 3 is 2.86 bits per heavy atom. The Labute approximate surface area is 173 Å². The highest BCUT2D eigenvalue weighted by Crippen LogP contribution is 2.34. The van der Waals surface area contributed by atoms with E-state index in [1.807, 2.05) is 13.8 Å². The van der Waals surface area contributed by atoms with Crippen LogP contribution in [0.15, 0.2) is 24.3 Å². The summed E-state index contributed by atoms with van der Waals surface area (Å²) in [5.41, 5.74) is 2.46. The minimum Gasteiger partial charge on any atom is -0.353 e. The largest absolute Gasteiger partial charge is 0.353 e. The molecule has 2 atom stereocenters. The molecule has 4 rings (SSSR count). The smallest absolute Gasteiger partial charge is 0.225 e. The summed E-state index contributed by atoms with van der Waals surface area (Å²) >= 11 is 1.61. The molecule has 1 aliphatic heterocycles. The Morgan fingerprint density at radius 1 is 1.38 bits per heavy atom. The third-order valence-corrected chi connectivity index (χ3v) is 6.73. The van der Waals surface area contributed by atoms with E-state index in [1.165, 1.54) is 12.1 Å². The van der Waals surface area contributed by atoms with Gasteiger partial charge in [0.25, 0.3) is 0 Å². The number of nitrogens with one attached hydrogen (secondary N) is 1. The van der Waals surface area contributed by atoms with E-state index < -0.39 is 0 Å². The second-order valence-corrected chi connectivity index (χ2v) is 8.70. The van der Waals surface area contributed by atoms with Crippen molar-refractivity contribution in [2.45, 2.75) is 46.1 Å². The van der Waals surface area contributed by atoms with Crippen LogP contribution in [-0.4, -0.2) is 39.8 Å². The first-order chi connectivity index (χ1) is 14.0. The van der Waals surface area contributed by atoms with E-state index in [0.717, 1.165) is 52.7 Å². The van der Waals surface area contributed by atoms with Crippen LogP contribution in [0.3, 0.4) is 0 Å². The Hall–Kier alpha value is -2.48. The zero-order chi connectivity index (χ0) is 20.5. The zero-order valence-corrected chi connectivity index (χ0v) is 17.8. The fourth-order valence-corrected chi connectivity index (χ4v) is 4.67. The van der Waals surface area contributed by atoms with Gasteiger partial charge in [-0.05, 0) is 57.4 Å². The van der Waals surface area contributed by atoms with Crippen LogP contribution in [0, 0.1) is 18.7 Å². The summed E-state index contributed by atoms with van der Waals surface area (Å²) in [7, 11) is 0. The number of aryl methyl sites for hydroxylation is 1. The lowest BCUT2D eigenvalue weighted by atomic mass is 9.97. The summed E-state index contributed by atoms with van der Waals surface area (Å²) in [6, 6.07) is 6.46. The van der Waals surface area contributed by atoms with Gasteiger partial charge in [0, 0.05) is 19.1 Å². The molecule has 3 heterocycles. The van der Waals surface area contributed by atoms with Crippen molar-refractivity contribution in [3.63, 3.8) is 0 Å². The highest BCUT2D eigenvalue weighted by molar-refractivity contribution is 7.22. The van der Waals surface area contributed by atoms with Crippen LogP contribution in [0.4, 0.5) is 9.52 Å². The summed E-state index contributed by atoms with van der Waals surface area (Å²) < 4.78 is 16.1. The Balaban J connectivity index is 1.59. The second-order valence-electron chi connectivity index (χ2n) is 7.73. The molecule has 3 aromatic rings. The van der Waals surface area contributed by atoms with Gasteiger partial charge in [-0.2, -0.15) is 10.1 Å². The Kier molecular flexibility index (Phi) is 5.54. The number of aromatic nitrogens is 3. The average molecular weight is 416 g/mol. The number of hydrogen-bond acceptors (Lipinski definition) is 5. The maximum absolute atomic E-state index is 13.3. The van der Waals surface area contributed by atoms with Crippen molar-refractivity contribution in [1.29, 1.82) is 0 Å². The number of benzene rings is 1. The summed E-state index contributed by atoms with van der Waals surface area (Å²) in [5.74, 6) is -0.152. The van der Waals surface area contributed by atoms with E-state index in [0.29, 0.717) is 6.54 Å². The van der Waals surface area contributed by atoms with Crippen molar-refractivity contribution in [3.8, 4) is 5.69 Å². The number of amides is 1. The normalized spacial score (nSPS) is 18.2. The first-order valence-corrected chi connectivity index (χ1v) is 10.9. The molecule has 0 bridgehead atoms. The quantitative estimate of drug-likeness (QED) is 0.683. The maximum Gasteiger partial charge on any atom is 0.225 e. The van der Waals surface area contributed by atoms with Gasteiger partial charge in [-0.1, -0.05) is 18.3 Å². The minimum absolute atomic E-state index is 0.0144. The van der Waals surface area contributed by atoms with Gasteiger partial charge < -0.3 is 10.2 Å². The zero-order valence-electron chi connectivity index (χ0n) is 17.0. The summed E-state index contributed by atoms with van der Waals surface area (Å²) in [4.78, 5) is 19.6. The molecule has 2 aromatic heterocycles. The van der Waals surface area contributed by atoms with Gasteiger partial charge in [0.1, 0.15) is 5.82 Å². The van der Waals surface area contributed by atoms with E-state index in [9.17, 15) is 9.18 Å². The van der Waals surface area contributed by atoms with Crippen LogP contribution in [0.5, 0.6) is 0 Å². The van der Waals surface area contributed by atoms with Crippen LogP contribution < -0.4 is 10.2 Å². The maximum atomic E-state index is 13.3. The highest BCUT2D eigenvalue weighted by atomic mass is 32.1. The predicted octanol–water partition coefficient (Wildman–Crippen LogP) is 4.06. The third-order valence-electron chi connectivity index (χ3n) is 5.51. The molecule has 1 saturated heterocycles. The van der Waals surface area contributed by atoms with E-state index in [1.54, 1.807) is 28.2 Å². The van der Waals surface area contributed by atoms with Gasteiger partial charge in [-0.25, -0.2) is 9.07 Å². The van der Waals surface area contributed by atoms with Gasteiger partial charge in [0.05, 0.1) is 22.0 Å². The molecule has 0 radical (unpaired) electrons. The number of hydrogen-bond donors (Lipinski definition) is 1. The lowest BCUT2D eigenvalue weighted by molar-refractivity contribution is -0.125. The Bertz CT molecular complexity index is 1010. The number of piperidine rings is 1. The minimum atomic E-state index is -0.275. The van der Waals surface area contributed by atoms with Gasteiger partial charge in [0.2, 0.25) is 5.91 Å². The molecular weight excluding hydrogens is 389 g/mol. The molecule has 0 saturated carbocycles. The predicted molar refractivity (Wildman–Crippen MR) is 114 cm³/mol. The highest BCUT2D eigenvalue weighted by Gasteiger charge is 2.28. The van der Waals surface area contributed by atoms with Crippen LogP contribution >= 0.6 is 11.3 Å². The van der Waals surface area contributed by atoms with Crippen molar-refractivity contribution in [2.24, 2.45) is 5.92 Å². The summed E-state index contributed by atoms with van der Waals surface area (Å²) in [5, 5.41) is 8.60. The van der Waals surface area contributed by atoms with Gasteiger partial charge in [0.15, 0.2) is 10.8 Å². The van der Waals surface area contributed by atoms with Crippen molar-refractivity contribution in [3.05, 3.63) is 35.8 Å². The number of thiazole rings is 1. The van der Waals surface area contributed by atoms with E-state index in [-0.39, 0.29) is 23.7 Å². The SMILES string of the molecule is CC[C@H](C)NC(=O)[C@H]1CCCN(c2nc3c(s2)c(C)nn3-c2ccc(F)cc2)C1. The fourth-order valence-electron chi connectivity index (χ4n) is 3.65. The van der Waals surface area contributed by atoms with E-state index in [4.69, 9.17) is 4.98 Å². The molecule has 1 N–H and O–H groups in total. The molecule has 1 amide bonds. The lowest BCUT2D eigenvalue weighted by Crippen LogP contribution is -2.45. The molecule has 29 heavy (non-hydrogen) atoms. The van der Waals surface area contributed by atoms with Gasteiger partial charge >= 0.3 is 0 Å². The standard InChI is InChI=1S/C21H26FN5OS/c1-4-13(2)23-20(28)15-6-5-11-26(12-15)21-24-19-18(29-21)14(3)25-27(19)17-9-7-16(22)8-10-17/h7-10,13,15H,4-6,11-12H2,1-3H3,(H,23,28)/t13-,15-/m0/s1. The average Bonchev–Trinajstić information content (AvgIpc) is 3.29. The summed E-state index contributed by atoms with van der Waals surface area (Å²) in [6.45, 7) is 7.65. The Morgan fingerprint density at radius 2 is 2.14 bits per heavy atom. The van der Waals surface area contributed by atoms with Gasteiger partial charge in [-0.15, -0.1) is 0 Å². The molecule has 1 aliphatic rings. The molecule has 8 heteroatoms. The van der Waals surface area contributed by atoms with E-state index in [2.05, 4.69) is 22.2 Å². The topological polar surface area (TPSA) is 63.1 Å². The number of carbonyl (C=O) groups excluding carboxylic acids is 1. The second kappa shape index (κ2) is 8.10. The third kappa shape index (κ3) is 3.99. The molecular formula is C21H26FN5OS. The van der Waals surface area contributed by atoms with Crippen molar-refractivity contribution >= 4 is 32.7 Å². The molecule has 1 fully saturated rings. The van der Waals surface area contributed by atoms with Crippen molar-refractivity contribution < 1.29 is 9.18 Å². The molecule has 1 aromatic carbocycles. The summed E-state index contributed by atoms with van der Waals surface area (Å²) in [6.07, 6.45) is 2.81. The van der Waals surface area contributed by atoms with Crippen LogP contribution in [-0.2, 0) is 4.79 Å². The number of anilines is 1.